The van der Waals surface area contributed by atoms with E-state index in [9.17, 15) is 0 Å². The van der Waals surface area contributed by atoms with Gasteiger partial charge in [0, 0.05) is 0 Å². The van der Waals surface area contributed by atoms with Crippen LogP contribution in [0, 0.1) is 0 Å². The number of hydrogen-bond acceptors (Lipinski definition) is 1. The number of rotatable bonds is 9. The van der Waals surface area contributed by atoms with E-state index in [1.54, 1.807) is 22.0 Å². The zero-order valence-electron chi connectivity index (χ0n) is 30.8. The Labute approximate surface area is 312 Å². The van der Waals surface area contributed by atoms with Crippen LogP contribution in [0.1, 0.15) is 140 Å². The van der Waals surface area contributed by atoms with Gasteiger partial charge in [-0.15, -0.1) is 0 Å². The van der Waals surface area contributed by atoms with Gasteiger partial charge in [-0.25, -0.2) is 0 Å². The molecule has 266 valence electrons. The van der Waals surface area contributed by atoms with Crippen LogP contribution in [-0.2, 0) is 17.0 Å². The van der Waals surface area contributed by atoms with Crippen molar-refractivity contribution in [1.82, 2.24) is 0 Å². The first-order valence-electron chi connectivity index (χ1n) is 18.9. The maximum atomic E-state index is 5.94. The third kappa shape index (κ3) is 9.69. The van der Waals surface area contributed by atoms with Crippen molar-refractivity contribution in [3.05, 3.63) is 102 Å². The average Bonchev–Trinajstić information content (AvgIpc) is 3.12. The van der Waals surface area contributed by atoms with E-state index in [2.05, 4.69) is 84.0 Å². The molecule has 6 rings (SSSR count). The van der Waals surface area contributed by atoms with Gasteiger partial charge in [-0.3, -0.25) is 0 Å². The first-order valence-corrected chi connectivity index (χ1v) is 23.2. The molecule has 2 aliphatic carbocycles. The van der Waals surface area contributed by atoms with E-state index in [0.717, 1.165) is 32.2 Å². The fourth-order valence-electron chi connectivity index (χ4n) is 8.00. The summed E-state index contributed by atoms with van der Waals surface area (Å²) in [5.41, 5.74) is 18.5. The number of nitrogen functional groups attached to an aromatic ring is 1. The number of para-hydroxylation sites is 1. The molecule has 0 atom stereocenters. The zero-order chi connectivity index (χ0) is 34.9. The second-order valence-corrected chi connectivity index (χ2v) is 19.8. The molecule has 0 radical (unpaired) electrons. The molecule has 1 nitrogen and oxygen atoms in total. The van der Waals surface area contributed by atoms with E-state index in [0.29, 0.717) is 17.8 Å². The van der Waals surface area contributed by atoms with Crippen LogP contribution in [-0.4, -0.2) is 11.3 Å². The summed E-state index contributed by atoms with van der Waals surface area (Å²) >= 11 is 0.0778. The maximum absolute atomic E-state index is 5.94. The predicted octanol–water partition coefficient (Wildman–Crippen LogP) is 13.3. The van der Waals surface area contributed by atoms with Gasteiger partial charge in [-0.2, -0.15) is 0 Å². The van der Waals surface area contributed by atoms with Crippen LogP contribution in [0.15, 0.2) is 84.9 Å². The Bertz CT molecular complexity index is 1590. The van der Waals surface area contributed by atoms with Gasteiger partial charge in [-0.1, -0.05) is 118 Å². The zero-order valence-corrected chi connectivity index (χ0v) is 34.0. The fourth-order valence-corrected chi connectivity index (χ4v) is 13.2. The topological polar surface area (TPSA) is 26.0 Å². The van der Waals surface area contributed by atoms with Gasteiger partial charge in [0.2, 0.25) is 0 Å². The third-order valence-electron chi connectivity index (χ3n) is 10.7. The van der Waals surface area contributed by atoms with Crippen LogP contribution in [0.5, 0.6) is 0 Å². The molecule has 4 aromatic rings. The molecule has 0 aromatic heterocycles. The minimum absolute atomic E-state index is 0.0651. The Balaban J connectivity index is 0.000000259. The molecule has 0 bridgehead atoms. The molecule has 0 spiro atoms. The summed E-state index contributed by atoms with van der Waals surface area (Å²) in [5, 5.41) is 1.71. The molecule has 0 aliphatic heterocycles. The Morgan fingerprint density at radius 2 is 1.14 bits per heavy atom. The van der Waals surface area contributed by atoms with Crippen LogP contribution in [0.4, 0.5) is 5.69 Å². The average molecular weight is 787 g/mol. The van der Waals surface area contributed by atoms with Gasteiger partial charge in [0.1, 0.15) is 0 Å². The number of benzene rings is 4. The van der Waals surface area contributed by atoms with E-state index >= 15 is 0 Å². The van der Waals surface area contributed by atoms with E-state index in [1.807, 2.05) is 42.5 Å². The molecule has 2 aliphatic rings. The SMILES string of the molecule is CC(C)c1cc(C(C)C)c(-c2cccc(P(C3CCCCC3)C3CCCCC3)c2)c(C(C)C)c1.Nc1ccccc1-c1cccc[c]1[Pd][Cl]. The summed E-state index contributed by atoms with van der Waals surface area (Å²) in [6.07, 6.45) is 14.7. The molecule has 0 unspecified atom stereocenters. The van der Waals surface area contributed by atoms with Crippen molar-refractivity contribution in [3.63, 3.8) is 0 Å². The molecular formula is C45H59ClNPPd. The van der Waals surface area contributed by atoms with Crippen LogP contribution in [0.25, 0.3) is 22.3 Å². The van der Waals surface area contributed by atoms with Gasteiger partial charge < -0.3 is 0 Å². The minimum atomic E-state index is -0.0651. The molecular weight excluding hydrogens is 727 g/mol. The first kappa shape index (κ1) is 38.3. The summed E-state index contributed by atoms with van der Waals surface area (Å²) in [4.78, 5) is 0. The van der Waals surface area contributed by atoms with Gasteiger partial charge >= 0.3 is 102 Å². The van der Waals surface area contributed by atoms with Gasteiger partial charge in [0.15, 0.2) is 0 Å². The fraction of sp³-hybridized carbons (Fsp3) is 0.467. The summed E-state index contributed by atoms with van der Waals surface area (Å²) < 4.78 is 1.16. The van der Waals surface area contributed by atoms with Crippen LogP contribution >= 0.6 is 17.5 Å². The van der Waals surface area contributed by atoms with E-state index in [4.69, 9.17) is 15.3 Å². The molecule has 2 saturated carbocycles. The molecule has 0 saturated heterocycles. The Morgan fingerprint density at radius 1 is 0.612 bits per heavy atom. The van der Waals surface area contributed by atoms with Crippen molar-refractivity contribution in [1.29, 1.82) is 0 Å². The monoisotopic (exact) mass is 785 g/mol. The number of anilines is 1. The van der Waals surface area contributed by atoms with E-state index < -0.39 is 0 Å². The normalized spacial score (nSPS) is 16.1. The molecule has 0 heterocycles. The van der Waals surface area contributed by atoms with Crippen molar-refractivity contribution < 1.29 is 17.0 Å². The van der Waals surface area contributed by atoms with E-state index in [1.165, 1.54) is 75.3 Å². The standard InChI is InChI=1S/C33H49P.C12H10N.ClH.Pd/c1-23(2)27-21-31(24(3)4)33(32(22-27)25(5)6)26-14-13-19-30(20-26)34(28-15-9-7-10-16-28)29-17-11-8-12-18-29;13-12-9-5-4-8-11(12)10-6-2-1-3-7-10;;/h13-14,19-25,28-29H,7-12,15-18H2,1-6H3;1-6,8-9H,13H2;1H;/q;;;+1/p-1. The van der Waals surface area contributed by atoms with Crippen molar-refractivity contribution >= 4 is 32.5 Å². The summed E-state index contributed by atoms with van der Waals surface area (Å²) in [6.45, 7) is 14.2. The Hall–Kier alpha value is -1.94. The van der Waals surface area contributed by atoms with Gasteiger partial charge in [0.05, 0.1) is 0 Å². The van der Waals surface area contributed by atoms with Gasteiger partial charge in [0.25, 0.3) is 0 Å². The van der Waals surface area contributed by atoms with Crippen molar-refractivity contribution in [2.45, 2.75) is 135 Å². The van der Waals surface area contributed by atoms with Crippen LogP contribution in [0.2, 0.25) is 0 Å². The second kappa shape index (κ2) is 18.5. The first-order chi connectivity index (χ1) is 23.7. The molecule has 2 fully saturated rings. The van der Waals surface area contributed by atoms with Crippen molar-refractivity contribution in [3.8, 4) is 22.3 Å². The van der Waals surface area contributed by atoms with Crippen LogP contribution in [0.3, 0.4) is 0 Å². The Morgan fingerprint density at radius 3 is 1.65 bits per heavy atom. The molecule has 0 amide bonds. The van der Waals surface area contributed by atoms with Crippen molar-refractivity contribution in [2.75, 3.05) is 5.73 Å². The molecule has 2 N–H and O–H groups in total. The number of hydrogen-bond donors (Lipinski definition) is 1. The van der Waals surface area contributed by atoms with E-state index in [-0.39, 0.29) is 24.9 Å². The molecule has 4 aromatic carbocycles. The number of halogens is 1. The third-order valence-corrected chi connectivity index (χ3v) is 15.9. The quantitative estimate of drug-likeness (QED) is 0.102. The molecule has 49 heavy (non-hydrogen) atoms. The number of nitrogens with two attached hydrogens (primary N) is 1. The van der Waals surface area contributed by atoms with Crippen molar-refractivity contribution in [2.24, 2.45) is 0 Å². The van der Waals surface area contributed by atoms with Gasteiger partial charge in [-0.05, 0) is 93.9 Å². The summed E-state index contributed by atoms with van der Waals surface area (Å²) in [7, 11) is 5.88. The van der Waals surface area contributed by atoms with Crippen LogP contribution < -0.4 is 15.1 Å². The molecule has 4 heteroatoms. The summed E-state index contributed by atoms with van der Waals surface area (Å²) in [5.74, 6) is 1.64. The summed E-state index contributed by atoms with van der Waals surface area (Å²) in [6, 6.07) is 31.0. The predicted molar refractivity (Wildman–Crippen MR) is 216 cm³/mol. The second-order valence-electron chi connectivity index (χ2n) is 15.2. The Kier molecular flexibility index (Phi) is 14.5.